The first kappa shape index (κ1) is 26.0. The molecule has 4 aliphatic rings. The van der Waals surface area contributed by atoms with Gasteiger partial charge in [-0.25, -0.2) is 0 Å². The average Bonchev–Trinajstić information content (AvgIpc) is 2.99. The van der Waals surface area contributed by atoms with Crippen LogP contribution < -0.4 is 0 Å². The van der Waals surface area contributed by atoms with E-state index in [-0.39, 0.29) is 30.5 Å². The zero-order chi connectivity index (χ0) is 26.0. The lowest BCUT2D eigenvalue weighted by atomic mass is 9.45. The largest absolute Gasteiger partial charge is 0.481 e. The number of ketones is 2. The summed E-state index contributed by atoms with van der Waals surface area (Å²) in [7, 11) is 0. The van der Waals surface area contributed by atoms with E-state index < -0.39 is 64.1 Å². The van der Waals surface area contributed by atoms with E-state index in [2.05, 4.69) is 0 Å². The summed E-state index contributed by atoms with van der Waals surface area (Å²) in [6, 6.07) is 0. The SMILES string of the molecule is C[C@H]1C[C@H]2[C@@H]3CCC4=CC(=O)C=C[C@]4(C)[C@@]3(Cl)[C@@H](O)C[C@]2(C)[C@@]1(O)C(=O)COC(=O)CCC(=O)O. The molecule has 0 bridgehead atoms. The number of rotatable bonds is 6. The first-order valence-electron chi connectivity index (χ1n) is 12.2. The van der Waals surface area contributed by atoms with Gasteiger partial charge in [-0.15, -0.1) is 11.6 Å². The van der Waals surface area contributed by atoms with Crippen molar-refractivity contribution < 1.29 is 39.2 Å². The van der Waals surface area contributed by atoms with Crippen LogP contribution in [0.15, 0.2) is 23.8 Å². The number of Topliss-reactive ketones (excluding diaryl/α,β-unsaturated/α-hetero) is 1. The molecule has 35 heavy (non-hydrogen) atoms. The van der Waals surface area contributed by atoms with E-state index in [9.17, 15) is 29.4 Å². The molecular formula is C26H33ClO8. The van der Waals surface area contributed by atoms with Crippen LogP contribution in [0.2, 0.25) is 0 Å². The van der Waals surface area contributed by atoms with Crippen molar-refractivity contribution in [1.29, 1.82) is 0 Å². The van der Waals surface area contributed by atoms with Crippen molar-refractivity contribution in [3.63, 3.8) is 0 Å². The van der Waals surface area contributed by atoms with Gasteiger partial charge in [0, 0.05) is 10.8 Å². The number of hydrogen-bond donors (Lipinski definition) is 3. The van der Waals surface area contributed by atoms with Gasteiger partial charge in [-0.2, -0.15) is 0 Å². The summed E-state index contributed by atoms with van der Waals surface area (Å²) in [4.78, 5) is 46.8. The molecule has 0 aromatic rings. The Morgan fingerprint density at radius 3 is 2.54 bits per heavy atom. The second-order valence-corrected chi connectivity index (χ2v) is 11.8. The molecule has 3 N–H and O–H groups in total. The molecule has 0 amide bonds. The van der Waals surface area contributed by atoms with Gasteiger partial charge in [0.05, 0.1) is 23.8 Å². The van der Waals surface area contributed by atoms with Crippen molar-refractivity contribution in [3.8, 4) is 0 Å². The number of alkyl halides is 1. The highest BCUT2D eigenvalue weighted by Crippen LogP contribution is 2.71. The number of allylic oxidation sites excluding steroid dienone is 4. The molecule has 3 saturated carbocycles. The van der Waals surface area contributed by atoms with Crippen molar-refractivity contribution in [2.45, 2.75) is 75.9 Å². The zero-order valence-corrected chi connectivity index (χ0v) is 21.0. The minimum Gasteiger partial charge on any atom is -0.481 e. The lowest BCUT2D eigenvalue weighted by Crippen LogP contribution is -2.69. The molecule has 0 heterocycles. The third-order valence-corrected chi connectivity index (χ3v) is 10.5. The van der Waals surface area contributed by atoms with E-state index in [4.69, 9.17) is 21.4 Å². The van der Waals surface area contributed by atoms with E-state index in [0.717, 1.165) is 5.57 Å². The molecule has 0 spiro atoms. The Morgan fingerprint density at radius 1 is 1.20 bits per heavy atom. The summed E-state index contributed by atoms with van der Waals surface area (Å²) in [6.07, 6.45) is 4.88. The predicted octanol–water partition coefficient (Wildman–Crippen LogP) is 2.58. The standard InChI is InChI=1S/C26H33ClO8/c1-14-10-18-17-5-4-15-11-16(28)8-9-23(15,2)25(17,27)19(29)12-24(18,3)26(14,34)20(30)13-35-22(33)7-6-21(31)32/h8-9,11,14,17-19,29,34H,4-7,10,12-13H2,1-3H3,(H,31,32)/t14-,17-,18-,19-,23-,24-,25-,26-/m0/s1. The van der Waals surface area contributed by atoms with Crippen molar-refractivity contribution >= 4 is 35.1 Å². The van der Waals surface area contributed by atoms with Crippen LogP contribution in [0, 0.1) is 28.6 Å². The summed E-state index contributed by atoms with van der Waals surface area (Å²) in [5.41, 5.74) is -2.70. The molecule has 0 aromatic carbocycles. The molecule has 4 aliphatic carbocycles. The lowest BCUT2D eigenvalue weighted by molar-refractivity contribution is -0.182. The van der Waals surface area contributed by atoms with Crippen molar-refractivity contribution in [2.75, 3.05) is 6.61 Å². The maximum absolute atomic E-state index is 13.3. The normalized spacial score (nSPS) is 44.1. The number of aliphatic hydroxyl groups excluding tert-OH is 1. The maximum Gasteiger partial charge on any atom is 0.306 e. The monoisotopic (exact) mass is 508 g/mol. The molecule has 8 nitrogen and oxygen atoms in total. The van der Waals surface area contributed by atoms with Gasteiger partial charge < -0.3 is 20.1 Å². The average molecular weight is 509 g/mol. The second-order valence-electron chi connectivity index (χ2n) is 11.1. The fourth-order valence-corrected chi connectivity index (χ4v) is 8.20. The Labute approximate surface area is 209 Å². The Balaban J connectivity index is 1.62. The smallest absolute Gasteiger partial charge is 0.306 e. The number of aliphatic hydroxyl groups is 2. The zero-order valence-electron chi connectivity index (χ0n) is 20.3. The van der Waals surface area contributed by atoms with Gasteiger partial charge >= 0.3 is 11.9 Å². The van der Waals surface area contributed by atoms with Gasteiger partial charge in [-0.3, -0.25) is 19.2 Å². The third kappa shape index (κ3) is 3.55. The molecule has 0 aliphatic heterocycles. The first-order chi connectivity index (χ1) is 16.2. The van der Waals surface area contributed by atoms with Crippen LogP contribution in [-0.4, -0.2) is 62.0 Å². The van der Waals surface area contributed by atoms with Gasteiger partial charge in [0.1, 0.15) is 5.60 Å². The van der Waals surface area contributed by atoms with Crippen LogP contribution in [0.5, 0.6) is 0 Å². The molecule has 8 atom stereocenters. The van der Waals surface area contributed by atoms with Crippen molar-refractivity contribution in [2.24, 2.45) is 28.6 Å². The second kappa shape index (κ2) is 8.53. The number of carboxylic acids is 1. The topological polar surface area (TPSA) is 138 Å². The van der Waals surface area contributed by atoms with Gasteiger partial charge in [0.15, 0.2) is 12.4 Å². The Hall–Kier alpha value is -2.03. The summed E-state index contributed by atoms with van der Waals surface area (Å²) in [6.45, 7) is 4.87. The van der Waals surface area contributed by atoms with E-state index in [1.807, 2.05) is 6.92 Å². The Bertz CT molecular complexity index is 1030. The number of hydrogen-bond acceptors (Lipinski definition) is 7. The molecule has 0 radical (unpaired) electrons. The van der Waals surface area contributed by atoms with E-state index in [0.29, 0.717) is 19.3 Å². The first-order valence-corrected chi connectivity index (χ1v) is 12.5. The number of ether oxygens (including phenoxy) is 1. The maximum atomic E-state index is 13.3. The summed E-state index contributed by atoms with van der Waals surface area (Å²) in [5, 5.41) is 32.1. The van der Waals surface area contributed by atoms with Crippen molar-refractivity contribution in [3.05, 3.63) is 23.8 Å². The summed E-state index contributed by atoms with van der Waals surface area (Å²) in [5.74, 6) is -3.60. The number of carbonyl (C=O) groups is 4. The molecular weight excluding hydrogens is 476 g/mol. The predicted molar refractivity (Wildman–Crippen MR) is 125 cm³/mol. The highest BCUT2D eigenvalue weighted by Gasteiger charge is 2.74. The van der Waals surface area contributed by atoms with Crippen LogP contribution in [0.25, 0.3) is 0 Å². The van der Waals surface area contributed by atoms with Crippen molar-refractivity contribution in [1.82, 2.24) is 0 Å². The fraction of sp³-hybridized carbons (Fsp3) is 0.692. The summed E-state index contributed by atoms with van der Waals surface area (Å²) < 4.78 is 5.01. The Kier molecular flexibility index (Phi) is 6.34. The van der Waals surface area contributed by atoms with Crippen LogP contribution >= 0.6 is 11.6 Å². The molecule has 0 unspecified atom stereocenters. The molecule has 0 saturated heterocycles. The van der Waals surface area contributed by atoms with Crippen LogP contribution in [0.1, 0.15) is 59.3 Å². The lowest BCUT2D eigenvalue weighted by Gasteiger charge is -2.63. The molecule has 192 valence electrons. The van der Waals surface area contributed by atoms with E-state index in [1.54, 1.807) is 26.0 Å². The molecule has 9 heteroatoms. The number of esters is 1. The quantitative estimate of drug-likeness (QED) is 0.367. The minimum absolute atomic E-state index is 0.0713. The third-order valence-electron chi connectivity index (χ3n) is 9.55. The van der Waals surface area contributed by atoms with E-state index >= 15 is 0 Å². The van der Waals surface area contributed by atoms with Crippen LogP contribution in [-0.2, 0) is 23.9 Å². The minimum atomic E-state index is -1.85. The summed E-state index contributed by atoms with van der Waals surface area (Å²) >= 11 is 7.36. The molecule has 4 rings (SSSR count). The number of halogens is 1. The van der Waals surface area contributed by atoms with Crippen LogP contribution in [0.3, 0.4) is 0 Å². The van der Waals surface area contributed by atoms with Gasteiger partial charge in [0.25, 0.3) is 0 Å². The molecule has 3 fully saturated rings. The fourth-order valence-electron chi connectivity index (χ4n) is 7.68. The number of carbonyl (C=O) groups excluding carboxylic acids is 3. The van der Waals surface area contributed by atoms with Gasteiger partial charge in [-0.1, -0.05) is 32.4 Å². The van der Waals surface area contributed by atoms with Crippen LogP contribution in [0.4, 0.5) is 0 Å². The highest BCUT2D eigenvalue weighted by molar-refractivity contribution is 6.26. The van der Waals surface area contributed by atoms with Gasteiger partial charge in [-0.05, 0) is 55.6 Å². The van der Waals surface area contributed by atoms with E-state index in [1.165, 1.54) is 6.08 Å². The molecule has 0 aromatic heterocycles. The number of fused-ring (bicyclic) bond motifs is 5. The van der Waals surface area contributed by atoms with Gasteiger partial charge in [0.2, 0.25) is 5.78 Å². The number of carboxylic acid groups (broad SMARTS) is 1. The number of aliphatic carboxylic acids is 1. The Morgan fingerprint density at radius 2 is 1.89 bits per heavy atom. The highest BCUT2D eigenvalue weighted by atomic mass is 35.5.